The number of halogens is 1. The lowest BCUT2D eigenvalue weighted by Gasteiger charge is -2.18. The van der Waals surface area contributed by atoms with E-state index in [0.717, 1.165) is 24.2 Å². The standard InChI is InChI=1S/C21H20ClN3O/c1-15-12-18(25-10-4-5-11-25)9-8-16(15)13-17(14-23)21(26)24-20-7-3-2-6-19(20)22/h2-3,6-9,12-13H,4-5,10-11H2,1H3,(H,24,26)/b17-13-. The molecular weight excluding hydrogens is 346 g/mol. The molecule has 1 aliphatic rings. The quantitative estimate of drug-likeness (QED) is 0.625. The predicted octanol–water partition coefficient (Wildman–Crippen LogP) is 4.79. The zero-order valence-corrected chi connectivity index (χ0v) is 15.4. The van der Waals surface area contributed by atoms with E-state index in [1.807, 2.05) is 25.1 Å². The Morgan fingerprint density at radius 1 is 1.23 bits per heavy atom. The van der Waals surface area contributed by atoms with Crippen LogP contribution in [-0.2, 0) is 4.79 Å². The number of nitrogens with one attached hydrogen (secondary N) is 1. The number of rotatable bonds is 4. The monoisotopic (exact) mass is 365 g/mol. The molecule has 1 saturated heterocycles. The van der Waals surface area contributed by atoms with Crippen molar-refractivity contribution in [2.24, 2.45) is 0 Å². The lowest BCUT2D eigenvalue weighted by atomic mass is 10.0. The highest BCUT2D eigenvalue weighted by Gasteiger charge is 2.14. The van der Waals surface area contributed by atoms with Gasteiger partial charge in [0.1, 0.15) is 11.6 Å². The molecular formula is C21H20ClN3O. The first-order chi connectivity index (χ1) is 12.6. The van der Waals surface area contributed by atoms with Gasteiger partial charge < -0.3 is 10.2 Å². The summed E-state index contributed by atoms with van der Waals surface area (Å²) in [7, 11) is 0. The first-order valence-corrected chi connectivity index (χ1v) is 8.99. The molecule has 0 unspecified atom stereocenters. The predicted molar refractivity (Wildman–Crippen MR) is 106 cm³/mol. The molecule has 0 radical (unpaired) electrons. The summed E-state index contributed by atoms with van der Waals surface area (Å²) in [5.41, 5.74) is 3.62. The second-order valence-corrected chi connectivity index (χ2v) is 6.75. The van der Waals surface area contributed by atoms with Gasteiger partial charge in [0, 0.05) is 18.8 Å². The van der Waals surface area contributed by atoms with Crippen LogP contribution in [0.3, 0.4) is 0 Å². The molecule has 1 fully saturated rings. The number of carbonyl (C=O) groups is 1. The number of anilines is 2. The van der Waals surface area contributed by atoms with Crippen molar-refractivity contribution in [3.8, 4) is 6.07 Å². The summed E-state index contributed by atoms with van der Waals surface area (Å²) < 4.78 is 0. The van der Waals surface area contributed by atoms with Crippen LogP contribution in [0.5, 0.6) is 0 Å². The van der Waals surface area contributed by atoms with Crippen LogP contribution >= 0.6 is 11.6 Å². The highest BCUT2D eigenvalue weighted by Crippen LogP contribution is 2.25. The summed E-state index contributed by atoms with van der Waals surface area (Å²) in [5.74, 6) is -0.469. The van der Waals surface area contributed by atoms with Crippen LogP contribution in [0.25, 0.3) is 6.08 Å². The Morgan fingerprint density at radius 2 is 1.96 bits per heavy atom. The van der Waals surface area contributed by atoms with Crippen LogP contribution in [-0.4, -0.2) is 19.0 Å². The number of benzene rings is 2. The number of nitrogens with zero attached hydrogens (tertiary/aromatic N) is 2. The van der Waals surface area contributed by atoms with Crippen LogP contribution in [0.15, 0.2) is 48.0 Å². The van der Waals surface area contributed by atoms with Gasteiger partial charge in [-0.3, -0.25) is 4.79 Å². The van der Waals surface area contributed by atoms with Gasteiger partial charge in [-0.15, -0.1) is 0 Å². The molecule has 0 aliphatic carbocycles. The van der Waals surface area contributed by atoms with Crippen molar-refractivity contribution >= 4 is 35.0 Å². The molecule has 1 aliphatic heterocycles. The van der Waals surface area contributed by atoms with Gasteiger partial charge in [-0.05, 0) is 61.2 Å². The van der Waals surface area contributed by atoms with E-state index in [0.29, 0.717) is 10.7 Å². The number of aryl methyl sites for hydroxylation is 1. The van der Waals surface area contributed by atoms with Crippen molar-refractivity contribution in [2.75, 3.05) is 23.3 Å². The minimum absolute atomic E-state index is 0.0435. The van der Waals surface area contributed by atoms with Gasteiger partial charge >= 0.3 is 0 Å². The number of nitriles is 1. The van der Waals surface area contributed by atoms with Gasteiger partial charge in [0.05, 0.1) is 10.7 Å². The Balaban J connectivity index is 1.81. The van der Waals surface area contributed by atoms with Gasteiger partial charge in [-0.2, -0.15) is 5.26 Å². The normalized spacial score (nSPS) is 14.2. The third-order valence-electron chi connectivity index (χ3n) is 4.51. The Hall–Kier alpha value is -2.77. The molecule has 0 atom stereocenters. The molecule has 5 heteroatoms. The molecule has 2 aromatic carbocycles. The number of carbonyl (C=O) groups excluding carboxylic acids is 1. The van der Waals surface area contributed by atoms with Crippen LogP contribution in [0.2, 0.25) is 5.02 Å². The smallest absolute Gasteiger partial charge is 0.266 e. The zero-order chi connectivity index (χ0) is 18.5. The van der Waals surface area contributed by atoms with Crippen molar-refractivity contribution in [2.45, 2.75) is 19.8 Å². The molecule has 3 rings (SSSR count). The molecule has 4 nitrogen and oxygen atoms in total. The molecule has 132 valence electrons. The SMILES string of the molecule is Cc1cc(N2CCCC2)ccc1/C=C(/C#N)C(=O)Nc1ccccc1Cl. The molecule has 0 aromatic heterocycles. The summed E-state index contributed by atoms with van der Waals surface area (Å²) in [6.07, 6.45) is 4.07. The maximum Gasteiger partial charge on any atom is 0.266 e. The van der Waals surface area contributed by atoms with Gasteiger partial charge in [0.2, 0.25) is 0 Å². The number of hydrogen-bond acceptors (Lipinski definition) is 3. The van der Waals surface area contributed by atoms with E-state index in [9.17, 15) is 10.1 Å². The summed E-state index contributed by atoms with van der Waals surface area (Å²) in [6, 6.07) is 15.0. The highest BCUT2D eigenvalue weighted by atomic mass is 35.5. The van der Waals surface area contributed by atoms with E-state index in [1.54, 1.807) is 30.3 Å². The van der Waals surface area contributed by atoms with Crippen molar-refractivity contribution in [3.63, 3.8) is 0 Å². The lowest BCUT2D eigenvalue weighted by Crippen LogP contribution is -2.17. The highest BCUT2D eigenvalue weighted by molar-refractivity contribution is 6.34. The maximum atomic E-state index is 12.4. The van der Waals surface area contributed by atoms with Crippen molar-refractivity contribution < 1.29 is 4.79 Å². The fourth-order valence-corrected chi connectivity index (χ4v) is 3.23. The maximum absolute atomic E-state index is 12.4. The van der Waals surface area contributed by atoms with Gasteiger partial charge in [0.25, 0.3) is 5.91 Å². The number of hydrogen-bond donors (Lipinski definition) is 1. The van der Waals surface area contributed by atoms with Crippen LogP contribution in [0.1, 0.15) is 24.0 Å². The summed E-state index contributed by atoms with van der Waals surface area (Å²) in [6.45, 7) is 4.16. The fourth-order valence-electron chi connectivity index (χ4n) is 3.05. The molecule has 0 bridgehead atoms. The third-order valence-corrected chi connectivity index (χ3v) is 4.84. The van der Waals surface area contributed by atoms with Crippen LogP contribution < -0.4 is 10.2 Å². The third kappa shape index (κ3) is 4.07. The molecule has 1 amide bonds. The molecule has 0 spiro atoms. The fraction of sp³-hybridized carbons (Fsp3) is 0.238. The Kier molecular flexibility index (Phi) is 5.60. The second kappa shape index (κ2) is 8.07. The van der Waals surface area contributed by atoms with E-state index < -0.39 is 5.91 Å². The Bertz CT molecular complexity index is 892. The van der Waals surface area contributed by atoms with Crippen molar-refractivity contribution in [3.05, 3.63) is 64.2 Å². The molecule has 0 saturated carbocycles. The Labute approximate surface area is 158 Å². The largest absolute Gasteiger partial charge is 0.372 e. The van der Waals surface area contributed by atoms with Crippen molar-refractivity contribution in [1.29, 1.82) is 5.26 Å². The van der Waals surface area contributed by atoms with E-state index in [1.165, 1.54) is 18.5 Å². The van der Waals surface area contributed by atoms with Gasteiger partial charge in [-0.1, -0.05) is 29.8 Å². The Morgan fingerprint density at radius 3 is 2.62 bits per heavy atom. The van der Waals surface area contributed by atoms with Gasteiger partial charge in [-0.25, -0.2) is 0 Å². The van der Waals surface area contributed by atoms with Crippen molar-refractivity contribution in [1.82, 2.24) is 0 Å². The molecule has 2 aromatic rings. The first-order valence-electron chi connectivity index (χ1n) is 8.62. The lowest BCUT2D eigenvalue weighted by molar-refractivity contribution is -0.112. The molecule has 26 heavy (non-hydrogen) atoms. The minimum atomic E-state index is -0.469. The van der Waals surface area contributed by atoms with E-state index in [-0.39, 0.29) is 5.57 Å². The number of amides is 1. The second-order valence-electron chi connectivity index (χ2n) is 6.34. The van der Waals surface area contributed by atoms with Gasteiger partial charge in [0.15, 0.2) is 0 Å². The summed E-state index contributed by atoms with van der Waals surface area (Å²) in [5, 5.41) is 12.5. The topological polar surface area (TPSA) is 56.1 Å². The van der Waals surface area contributed by atoms with E-state index in [4.69, 9.17) is 11.6 Å². The average molecular weight is 366 g/mol. The summed E-state index contributed by atoms with van der Waals surface area (Å²) in [4.78, 5) is 14.8. The number of para-hydroxylation sites is 1. The molecule has 1 heterocycles. The van der Waals surface area contributed by atoms with Crippen LogP contribution in [0, 0.1) is 18.3 Å². The van der Waals surface area contributed by atoms with Crippen LogP contribution in [0.4, 0.5) is 11.4 Å². The van der Waals surface area contributed by atoms with E-state index >= 15 is 0 Å². The molecule has 1 N–H and O–H groups in total. The zero-order valence-electron chi connectivity index (χ0n) is 14.6. The summed E-state index contributed by atoms with van der Waals surface area (Å²) >= 11 is 6.06. The first kappa shape index (κ1) is 18.0. The average Bonchev–Trinajstić information content (AvgIpc) is 3.17. The van der Waals surface area contributed by atoms with E-state index in [2.05, 4.69) is 16.3 Å². The minimum Gasteiger partial charge on any atom is -0.372 e.